The first-order valence-electron chi connectivity index (χ1n) is 3.89. The van der Waals surface area contributed by atoms with Crippen molar-refractivity contribution in [1.29, 1.82) is 5.41 Å². The molecule has 1 saturated carbocycles. The van der Waals surface area contributed by atoms with Crippen molar-refractivity contribution in [1.82, 2.24) is 5.32 Å². The van der Waals surface area contributed by atoms with Gasteiger partial charge in [-0.2, -0.15) is 0 Å². The Hall–Kier alpha value is -0.990. The summed E-state index contributed by atoms with van der Waals surface area (Å²) < 4.78 is 0. The van der Waals surface area contributed by atoms with Crippen LogP contribution in [0.15, 0.2) is 11.4 Å². The van der Waals surface area contributed by atoms with Crippen molar-refractivity contribution >= 4 is 5.71 Å². The Labute approximate surface area is 67.2 Å². The minimum atomic E-state index is 0.488. The fraction of sp³-hybridized carbons (Fsp3) is 0.625. The van der Waals surface area contributed by atoms with E-state index in [0.717, 1.165) is 18.4 Å². The smallest absolute Gasteiger partial charge is 0.101 e. The zero-order valence-corrected chi connectivity index (χ0v) is 7.07. The second-order valence-electron chi connectivity index (χ2n) is 2.98. The highest BCUT2D eigenvalue weighted by Gasteiger charge is 2.27. The molecule has 0 aromatic carbocycles. The molecule has 0 saturated heterocycles. The average molecular weight is 153 g/mol. The van der Waals surface area contributed by atoms with Crippen molar-refractivity contribution in [2.24, 2.45) is 11.7 Å². The van der Waals surface area contributed by atoms with E-state index in [-0.39, 0.29) is 0 Å². The first kappa shape index (κ1) is 8.11. The molecule has 0 heterocycles. The largest absolute Gasteiger partial charge is 0.385 e. The van der Waals surface area contributed by atoms with Crippen LogP contribution in [0.5, 0.6) is 0 Å². The summed E-state index contributed by atoms with van der Waals surface area (Å²) >= 11 is 0. The lowest BCUT2D eigenvalue weighted by molar-refractivity contribution is 0.941. The van der Waals surface area contributed by atoms with Gasteiger partial charge in [-0.25, -0.2) is 0 Å². The van der Waals surface area contributed by atoms with Crippen molar-refractivity contribution in [2.75, 3.05) is 7.05 Å². The summed E-state index contributed by atoms with van der Waals surface area (Å²) in [6.07, 6.45) is 2.32. The van der Waals surface area contributed by atoms with Gasteiger partial charge in [-0.1, -0.05) is 0 Å². The molecule has 1 aliphatic carbocycles. The van der Waals surface area contributed by atoms with Gasteiger partial charge in [-0.3, -0.25) is 0 Å². The summed E-state index contributed by atoms with van der Waals surface area (Å²) in [7, 11) is 1.78. The van der Waals surface area contributed by atoms with Crippen LogP contribution in [0.4, 0.5) is 0 Å². The Morgan fingerprint density at radius 2 is 2.09 bits per heavy atom. The van der Waals surface area contributed by atoms with E-state index < -0.39 is 0 Å². The fourth-order valence-corrected chi connectivity index (χ4v) is 1.01. The highest BCUT2D eigenvalue weighted by Crippen LogP contribution is 2.32. The topological polar surface area (TPSA) is 61.9 Å². The minimum Gasteiger partial charge on any atom is -0.385 e. The third kappa shape index (κ3) is 1.73. The van der Waals surface area contributed by atoms with Gasteiger partial charge in [0.25, 0.3) is 0 Å². The van der Waals surface area contributed by atoms with Gasteiger partial charge in [-0.05, 0) is 19.8 Å². The molecule has 1 aliphatic rings. The zero-order chi connectivity index (χ0) is 8.43. The van der Waals surface area contributed by atoms with Crippen LogP contribution in [0.1, 0.15) is 19.8 Å². The summed E-state index contributed by atoms with van der Waals surface area (Å²) in [5, 5.41) is 10.5. The predicted octanol–water partition coefficient (Wildman–Crippen LogP) is 0.826. The van der Waals surface area contributed by atoms with E-state index in [1.165, 1.54) is 0 Å². The van der Waals surface area contributed by atoms with Crippen LogP contribution in [0.2, 0.25) is 0 Å². The minimum absolute atomic E-state index is 0.488. The van der Waals surface area contributed by atoms with E-state index in [1.54, 1.807) is 7.05 Å². The molecule has 4 N–H and O–H groups in total. The van der Waals surface area contributed by atoms with E-state index in [9.17, 15) is 0 Å². The Bertz CT molecular complexity index is 201. The van der Waals surface area contributed by atoms with Gasteiger partial charge in [0.15, 0.2) is 0 Å². The van der Waals surface area contributed by atoms with E-state index in [4.69, 9.17) is 11.1 Å². The Morgan fingerprint density at radius 3 is 2.45 bits per heavy atom. The normalized spacial score (nSPS) is 19.1. The van der Waals surface area contributed by atoms with Gasteiger partial charge in [0.1, 0.15) is 5.82 Å². The molecule has 0 aromatic rings. The maximum Gasteiger partial charge on any atom is 0.101 e. The highest BCUT2D eigenvalue weighted by atomic mass is 15.0. The molecule has 0 spiro atoms. The molecule has 62 valence electrons. The molecule has 0 atom stereocenters. The van der Waals surface area contributed by atoms with Crippen LogP contribution in [0.3, 0.4) is 0 Å². The third-order valence-electron chi connectivity index (χ3n) is 2.06. The first-order valence-corrected chi connectivity index (χ1v) is 3.89. The highest BCUT2D eigenvalue weighted by molar-refractivity contribution is 6.00. The number of rotatable bonds is 3. The van der Waals surface area contributed by atoms with Gasteiger partial charge in [-0.15, -0.1) is 0 Å². The van der Waals surface area contributed by atoms with Crippen LogP contribution < -0.4 is 11.1 Å². The second kappa shape index (κ2) is 2.95. The molecule has 0 radical (unpaired) electrons. The van der Waals surface area contributed by atoms with E-state index >= 15 is 0 Å². The molecule has 0 unspecified atom stereocenters. The maximum atomic E-state index is 7.67. The van der Waals surface area contributed by atoms with Gasteiger partial charge in [0.2, 0.25) is 0 Å². The van der Waals surface area contributed by atoms with Gasteiger partial charge >= 0.3 is 0 Å². The molecular formula is C8H15N3. The molecule has 11 heavy (non-hydrogen) atoms. The number of allylic oxidation sites excluding steroid dienone is 1. The van der Waals surface area contributed by atoms with Crippen LogP contribution in [-0.2, 0) is 0 Å². The van der Waals surface area contributed by atoms with E-state index in [1.807, 2.05) is 6.92 Å². The average Bonchev–Trinajstić information content (AvgIpc) is 2.82. The van der Waals surface area contributed by atoms with Crippen molar-refractivity contribution in [3.8, 4) is 0 Å². The lowest BCUT2D eigenvalue weighted by Gasteiger charge is -2.06. The lowest BCUT2D eigenvalue weighted by Crippen LogP contribution is -2.20. The maximum absolute atomic E-state index is 7.67. The molecule has 0 aromatic heterocycles. The quantitative estimate of drug-likeness (QED) is 0.526. The molecule has 0 bridgehead atoms. The summed E-state index contributed by atoms with van der Waals surface area (Å²) in [6, 6.07) is 0. The number of hydrogen-bond acceptors (Lipinski definition) is 3. The number of hydrogen-bond donors (Lipinski definition) is 3. The molecule has 1 rings (SSSR count). The predicted molar refractivity (Wildman–Crippen MR) is 46.4 cm³/mol. The molecule has 1 fully saturated rings. The summed E-state index contributed by atoms with van der Waals surface area (Å²) in [4.78, 5) is 0. The van der Waals surface area contributed by atoms with Crippen molar-refractivity contribution < 1.29 is 0 Å². The Morgan fingerprint density at radius 1 is 1.55 bits per heavy atom. The van der Waals surface area contributed by atoms with Gasteiger partial charge < -0.3 is 16.5 Å². The number of nitrogens with one attached hydrogen (secondary N) is 2. The molecule has 3 heteroatoms. The Balaban J connectivity index is 2.64. The standard InChI is InChI=1S/C8H15N3/c1-5(8(10)11-2)7(9)6-3-4-6/h6,9,11H,3-4,10H2,1-2H3/b8-5-,9-7?. The van der Waals surface area contributed by atoms with E-state index in [2.05, 4.69) is 5.32 Å². The summed E-state index contributed by atoms with van der Waals surface area (Å²) in [6.45, 7) is 1.90. The molecule has 3 nitrogen and oxygen atoms in total. The van der Waals surface area contributed by atoms with Crippen molar-refractivity contribution in [2.45, 2.75) is 19.8 Å². The third-order valence-corrected chi connectivity index (χ3v) is 2.06. The Kier molecular flexibility index (Phi) is 2.17. The van der Waals surface area contributed by atoms with Crippen molar-refractivity contribution in [3.05, 3.63) is 11.4 Å². The zero-order valence-electron chi connectivity index (χ0n) is 7.07. The first-order chi connectivity index (χ1) is 5.16. The number of nitrogens with two attached hydrogens (primary N) is 1. The van der Waals surface area contributed by atoms with Crippen LogP contribution in [0.25, 0.3) is 0 Å². The summed E-state index contributed by atoms with van der Waals surface area (Å²) in [5.41, 5.74) is 7.21. The molecule has 0 amide bonds. The monoisotopic (exact) mass is 153 g/mol. The van der Waals surface area contributed by atoms with Crippen LogP contribution in [0, 0.1) is 11.3 Å². The van der Waals surface area contributed by atoms with Gasteiger partial charge in [0.05, 0.1) is 0 Å². The van der Waals surface area contributed by atoms with Crippen molar-refractivity contribution in [3.63, 3.8) is 0 Å². The van der Waals surface area contributed by atoms with E-state index in [0.29, 0.717) is 17.5 Å². The molecular weight excluding hydrogens is 138 g/mol. The lowest BCUT2D eigenvalue weighted by atomic mass is 10.1. The van der Waals surface area contributed by atoms with Gasteiger partial charge in [0, 0.05) is 24.3 Å². The summed E-state index contributed by atoms with van der Waals surface area (Å²) in [5.74, 6) is 1.11. The fourth-order valence-electron chi connectivity index (χ4n) is 1.01. The van der Waals surface area contributed by atoms with Crippen LogP contribution in [-0.4, -0.2) is 12.8 Å². The SMILES string of the molecule is CN/C(N)=C(/C)C(=N)C1CC1. The molecule has 0 aliphatic heterocycles. The second-order valence-corrected chi connectivity index (χ2v) is 2.98. The van der Waals surface area contributed by atoms with Crippen LogP contribution >= 0.6 is 0 Å².